The third-order valence-corrected chi connectivity index (χ3v) is 8.38. The lowest BCUT2D eigenvalue weighted by Crippen LogP contribution is -2.30. The maximum Gasteiger partial charge on any atom is 0.343 e. The van der Waals surface area contributed by atoms with Crippen molar-refractivity contribution in [2.24, 2.45) is 17.8 Å². The number of unbranched alkanes of at least 4 members (excludes halogenated alkanes) is 2. The van der Waals surface area contributed by atoms with Gasteiger partial charge in [0.2, 0.25) is 0 Å². The molecule has 0 N–H and O–H groups in total. The Balaban J connectivity index is 1.32. The third kappa shape index (κ3) is 6.84. The lowest BCUT2D eigenvalue weighted by Gasteiger charge is -2.42. The zero-order chi connectivity index (χ0) is 24.6. The Bertz CT molecular complexity index is 980. The van der Waals surface area contributed by atoms with Crippen molar-refractivity contribution in [2.45, 2.75) is 89.9 Å². The van der Waals surface area contributed by atoms with E-state index in [-0.39, 0.29) is 17.3 Å². The van der Waals surface area contributed by atoms with Crippen LogP contribution in [-0.2, 0) is 6.42 Å². The van der Waals surface area contributed by atoms with Crippen molar-refractivity contribution in [2.75, 3.05) is 0 Å². The highest BCUT2D eigenvalue weighted by molar-refractivity contribution is 5.91. The van der Waals surface area contributed by atoms with Crippen molar-refractivity contribution in [3.63, 3.8) is 0 Å². The van der Waals surface area contributed by atoms with E-state index in [1.54, 1.807) is 18.2 Å². The second-order valence-corrected chi connectivity index (χ2v) is 10.8. The molecule has 4 atom stereocenters. The van der Waals surface area contributed by atoms with Gasteiger partial charge in [-0.15, -0.1) is 6.58 Å². The molecule has 4 unspecified atom stereocenters. The van der Waals surface area contributed by atoms with Crippen LogP contribution in [0.3, 0.4) is 0 Å². The van der Waals surface area contributed by atoms with E-state index in [1.807, 2.05) is 24.3 Å². The normalized spacial score (nSPS) is 23.9. The average Bonchev–Trinajstić information content (AvgIpc) is 2.88. The van der Waals surface area contributed by atoms with Crippen molar-refractivity contribution in [1.82, 2.24) is 0 Å². The van der Waals surface area contributed by atoms with Crippen molar-refractivity contribution in [1.29, 1.82) is 0 Å². The van der Waals surface area contributed by atoms with Gasteiger partial charge in [-0.2, -0.15) is 0 Å². The van der Waals surface area contributed by atoms with Gasteiger partial charge in [-0.1, -0.05) is 63.3 Å². The molecule has 0 spiro atoms. The molecule has 2 aromatic rings. The summed E-state index contributed by atoms with van der Waals surface area (Å²) in [6, 6.07) is 12.4. The summed E-state index contributed by atoms with van der Waals surface area (Å²) in [6.07, 6.45) is 16.5. The van der Waals surface area contributed by atoms with E-state index in [2.05, 4.69) is 13.5 Å². The molecule has 2 aliphatic carbocycles. The number of hydrogen-bond donors (Lipinski definition) is 0. The van der Waals surface area contributed by atoms with Gasteiger partial charge in [0.05, 0.1) is 5.56 Å². The maximum absolute atomic E-state index is 15.1. The lowest BCUT2D eigenvalue weighted by atomic mass is 9.63. The zero-order valence-corrected chi connectivity index (χ0v) is 21.3. The minimum atomic E-state index is -0.514. The highest BCUT2D eigenvalue weighted by Crippen LogP contribution is 2.48. The first-order chi connectivity index (χ1) is 17.1. The van der Waals surface area contributed by atoms with Gasteiger partial charge in [0.25, 0.3) is 0 Å². The number of allylic oxidation sites excluding steroid dienone is 1. The number of halogens is 1. The largest absolute Gasteiger partial charge is 0.423 e. The summed E-state index contributed by atoms with van der Waals surface area (Å²) in [5.74, 6) is 2.42. The fourth-order valence-electron chi connectivity index (χ4n) is 6.36. The van der Waals surface area contributed by atoms with Crippen LogP contribution >= 0.6 is 0 Å². The number of ether oxygens (including phenoxy) is 1. The van der Waals surface area contributed by atoms with Gasteiger partial charge in [0.1, 0.15) is 11.6 Å². The first-order valence-electron chi connectivity index (χ1n) is 13.8. The Hall–Kier alpha value is -2.42. The van der Waals surface area contributed by atoms with E-state index in [9.17, 15) is 4.79 Å². The molecule has 0 aliphatic heterocycles. The molecule has 4 rings (SSSR count). The van der Waals surface area contributed by atoms with Crippen molar-refractivity contribution < 1.29 is 13.9 Å². The SMILES string of the molecule is C=CCCc1ccc(OC(=O)c2ccc(C3CCC4CC(CCCCC)CCC4C3)c(F)c2)cc1. The Kier molecular flexibility index (Phi) is 9.18. The van der Waals surface area contributed by atoms with E-state index in [0.717, 1.165) is 49.0 Å². The maximum atomic E-state index is 15.1. The number of rotatable bonds is 10. The molecule has 0 saturated heterocycles. The summed E-state index contributed by atoms with van der Waals surface area (Å²) in [5, 5.41) is 0. The molecule has 2 saturated carbocycles. The molecule has 2 fully saturated rings. The second-order valence-electron chi connectivity index (χ2n) is 10.8. The summed E-state index contributed by atoms with van der Waals surface area (Å²) in [4.78, 5) is 12.6. The number of hydrogen-bond acceptors (Lipinski definition) is 2. The van der Waals surface area contributed by atoms with E-state index < -0.39 is 5.97 Å². The highest BCUT2D eigenvalue weighted by Gasteiger charge is 2.36. The minimum absolute atomic E-state index is 0.265. The summed E-state index contributed by atoms with van der Waals surface area (Å²) in [5.41, 5.74) is 2.21. The quantitative estimate of drug-likeness (QED) is 0.148. The van der Waals surface area contributed by atoms with Crippen LogP contribution in [-0.4, -0.2) is 5.97 Å². The second kappa shape index (κ2) is 12.5. The van der Waals surface area contributed by atoms with Gasteiger partial charge in [-0.3, -0.25) is 0 Å². The Labute approximate surface area is 211 Å². The molecule has 0 bridgehead atoms. The van der Waals surface area contributed by atoms with Crippen LogP contribution in [0.15, 0.2) is 55.1 Å². The minimum Gasteiger partial charge on any atom is -0.423 e. The van der Waals surface area contributed by atoms with E-state index in [4.69, 9.17) is 4.74 Å². The van der Waals surface area contributed by atoms with E-state index in [1.165, 1.54) is 63.0 Å². The molecule has 2 nitrogen and oxygen atoms in total. The van der Waals surface area contributed by atoms with Gasteiger partial charge in [-0.05, 0) is 104 Å². The molecule has 0 radical (unpaired) electrons. The number of fused-ring (bicyclic) bond motifs is 1. The molecule has 0 amide bonds. The number of aryl methyl sites for hydroxylation is 1. The summed E-state index contributed by atoms with van der Waals surface area (Å²) in [6.45, 7) is 6.02. The molecule has 35 heavy (non-hydrogen) atoms. The Morgan fingerprint density at radius 3 is 2.54 bits per heavy atom. The predicted molar refractivity (Wildman–Crippen MR) is 141 cm³/mol. The standard InChI is InChI=1S/C32H41FO2/c1-3-5-7-9-24-10-13-26-21-27(15-14-25(26)20-24)30-19-16-28(22-31(30)33)32(34)35-29-17-11-23(12-18-29)8-6-4-2/h4,11-12,16-19,22,24-27H,2-3,5-10,13-15,20-21H2,1H3. The van der Waals surface area contributed by atoms with Crippen LogP contribution in [0.2, 0.25) is 0 Å². The fraction of sp³-hybridized carbons (Fsp3) is 0.531. The van der Waals surface area contributed by atoms with Crippen molar-refractivity contribution in [3.05, 3.63) is 77.6 Å². The first kappa shape index (κ1) is 25.7. The van der Waals surface area contributed by atoms with Crippen molar-refractivity contribution >= 4 is 5.97 Å². The van der Waals surface area contributed by atoms with Gasteiger partial charge in [0.15, 0.2) is 0 Å². The number of esters is 1. The lowest BCUT2D eigenvalue weighted by molar-refractivity contribution is 0.0734. The summed E-state index contributed by atoms with van der Waals surface area (Å²) in [7, 11) is 0. The predicted octanol–water partition coefficient (Wildman–Crippen LogP) is 9.04. The molecule has 3 heteroatoms. The third-order valence-electron chi connectivity index (χ3n) is 8.38. The van der Waals surface area contributed by atoms with Crippen LogP contribution in [0.5, 0.6) is 5.75 Å². The number of benzene rings is 2. The van der Waals surface area contributed by atoms with Gasteiger partial charge in [-0.25, -0.2) is 9.18 Å². The molecule has 2 aliphatic rings. The molecular weight excluding hydrogens is 435 g/mol. The summed E-state index contributed by atoms with van der Waals surface area (Å²) < 4.78 is 20.6. The monoisotopic (exact) mass is 476 g/mol. The van der Waals surface area contributed by atoms with E-state index in [0.29, 0.717) is 5.75 Å². The summed E-state index contributed by atoms with van der Waals surface area (Å²) >= 11 is 0. The highest BCUT2D eigenvalue weighted by atomic mass is 19.1. The van der Waals surface area contributed by atoms with E-state index >= 15 is 4.39 Å². The smallest absolute Gasteiger partial charge is 0.343 e. The molecular formula is C32H41FO2. The van der Waals surface area contributed by atoms with Crippen LogP contribution in [0, 0.1) is 23.6 Å². The Morgan fingerprint density at radius 2 is 1.80 bits per heavy atom. The molecule has 0 heterocycles. The number of carbonyl (C=O) groups excluding carboxylic acids is 1. The molecule has 188 valence electrons. The Morgan fingerprint density at radius 1 is 1.03 bits per heavy atom. The van der Waals surface area contributed by atoms with Gasteiger partial charge in [0, 0.05) is 0 Å². The topological polar surface area (TPSA) is 26.3 Å². The zero-order valence-electron chi connectivity index (χ0n) is 21.3. The van der Waals surface area contributed by atoms with Crippen LogP contribution in [0.1, 0.15) is 105 Å². The van der Waals surface area contributed by atoms with Crippen LogP contribution < -0.4 is 4.74 Å². The first-order valence-corrected chi connectivity index (χ1v) is 13.8. The molecule has 2 aromatic carbocycles. The van der Waals surface area contributed by atoms with Gasteiger partial charge >= 0.3 is 5.97 Å². The number of carbonyl (C=O) groups is 1. The van der Waals surface area contributed by atoms with Crippen LogP contribution in [0.4, 0.5) is 4.39 Å². The molecule has 0 aromatic heterocycles. The fourth-order valence-corrected chi connectivity index (χ4v) is 6.36. The van der Waals surface area contributed by atoms with Gasteiger partial charge < -0.3 is 4.74 Å². The average molecular weight is 477 g/mol. The van der Waals surface area contributed by atoms with Crippen LogP contribution in [0.25, 0.3) is 0 Å². The van der Waals surface area contributed by atoms with Crippen molar-refractivity contribution in [3.8, 4) is 5.75 Å².